The number of hydrogen-bond acceptors (Lipinski definition) is 4. The predicted octanol–water partition coefficient (Wildman–Crippen LogP) is 4.71. The molecule has 1 N–H and O–H groups in total. The maximum absolute atomic E-state index is 13.4. The van der Waals surface area contributed by atoms with Gasteiger partial charge in [-0.2, -0.15) is 0 Å². The van der Waals surface area contributed by atoms with Gasteiger partial charge in [0.1, 0.15) is 6.04 Å². The second kappa shape index (κ2) is 12.6. The van der Waals surface area contributed by atoms with E-state index in [1.54, 1.807) is 24.3 Å². The van der Waals surface area contributed by atoms with Gasteiger partial charge in [-0.15, -0.1) is 0 Å². The van der Waals surface area contributed by atoms with E-state index >= 15 is 0 Å². The Labute approximate surface area is 218 Å². The minimum absolute atomic E-state index is 0.0481. The number of sulfonamides is 1. The second-order valence-corrected chi connectivity index (χ2v) is 11.1. The predicted molar refractivity (Wildman–Crippen MR) is 142 cm³/mol. The van der Waals surface area contributed by atoms with Crippen molar-refractivity contribution >= 4 is 50.7 Å². The average Bonchev–Trinajstić information content (AvgIpc) is 2.79. The quantitative estimate of drug-likeness (QED) is 0.446. The van der Waals surface area contributed by atoms with Crippen molar-refractivity contribution in [1.29, 1.82) is 0 Å². The van der Waals surface area contributed by atoms with Crippen LogP contribution in [0.15, 0.2) is 36.4 Å². The molecule has 192 valence electrons. The number of carbonyl (C=O) groups excluding carboxylic acids is 2. The topological polar surface area (TPSA) is 86.8 Å². The lowest BCUT2D eigenvalue weighted by Gasteiger charge is -2.31. The van der Waals surface area contributed by atoms with E-state index in [0.717, 1.165) is 17.4 Å². The minimum Gasteiger partial charge on any atom is -0.357 e. The first-order valence-corrected chi connectivity index (χ1v) is 14.0. The number of halogens is 2. The molecule has 2 rings (SSSR count). The number of anilines is 1. The van der Waals surface area contributed by atoms with Crippen LogP contribution in [-0.4, -0.2) is 51.0 Å². The summed E-state index contributed by atoms with van der Waals surface area (Å²) in [4.78, 5) is 27.4. The van der Waals surface area contributed by atoms with Crippen molar-refractivity contribution in [3.63, 3.8) is 0 Å². The number of nitrogens with zero attached hydrogens (tertiary/aromatic N) is 2. The summed E-state index contributed by atoms with van der Waals surface area (Å²) in [5.74, 6) is -0.581. The number of likely N-dealkylation sites (N-methyl/N-ethyl adjacent to an activating group) is 1. The lowest BCUT2D eigenvalue weighted by molar-refractivity contribution is -0.141. The molecular formula is C25H33Cl2N3O4S. The fourth-order valence-corrected chi connectivity index (χ4v) is 5.46. The van der Waals surface area contributed by atoms with E-state index in [-0.39, 0.29) is 37.7 Å². The highest BCUT2D eigenvalue weighted by molar-refractivity contribution is 7.92. The number of hydrogen-bond donors (Lipinski definition) is 1. The van der Waals surface area contributed by atoms with Gasteiger partial charge in [-0.3, -0.25) is 13.9 Å². The fourth-order valence-electron chi connectivity index (χ4n) is 3.93. The van der Waals surface area contributed by atoms with E-state index in [9.17, 15) is 18.0 Å². The van der Waals surface area contributed by atoms with Gasteiger partial charge in [0.15, 0.2) is 0 Å². The molecule has 0 bridgehead atoms. The van der Waals surface area contributed by atoms with Gasteiger partial charge < -0.3 is 10.2 Å². The number of benzene rings is 2. The third-order valence-electron chi connectivity index (χ3n) is 6.02. The second-order valence-electron chi connectivity index (χ2n) is 8.42. The molecule has 0 heterocycles. The highest BCUT2D eigenvalue weighted by atomic mass is 35.5. The smallest absolute Gasteiger partial charge is 0.242 e. The molecule has 0 saturated heterocycles. The maximum atomic E-state index is 13.4. The highest BCUT2D eigenvalue weighted by Crippen LogP contribution is 2.28. The summed E-state index contributed by atoms with van der Waals surface area (Å²) >= 11 is 12.7. The number of amides is 2. The van der Waals surface area contributed by atoms with E-state index in [1.165, 1.54) is 16.3 Å². The molecule has 0 aromatic heterocycles. The Morgan fingerprint density at radius 1 is 1.06 bits per heavy atom. The fraction of sp³-hybridized carbons (Fsp3) is 0.440. The highest BCUT2D eigenvalue weighted by Gasteiger charge is 2.29. The number of rotatable bonds is 11. The van der Waals surface area contributed by atoms with Crippen LogP contribution in [-0.2, 0) is 26.2 Å². The molecule has 10 heteroatoms. The van der Waals surface area contributed by atoms with Crippen LogP contribution in [0.2, 0.25) is 10.0 Å². The van der Waals surface area contributed by atoms with Gasteiger partial charge in [0, 0.05) is 42.2 Å². The van der Waals surface area contributed by atoms with E-state index in [2.05, 4.69) is 5.32 Å². The van der Waals surface area contributed by atoms with Gasteiger partial charge in [0.2, 0.25) is 21.8 Å². The van der Waals surface area contributed by atoms with E-state index in [4.69, 9.17) is 23.2 Å². The Hall–Kier alpha value is -2.29. The minimum atomic E-state index is -3.56. The first-order valence-electron chi connectivity index (χ1n) is 11.4. The first kappa shape index (κ1) is 28.9. The van der Waals surface area contributed by atoms with Gasteiger partial charge in [0.05, 0.1) is 11.9 Å². The molecule has 0 aliphatic rings. The van der Waals surface area contributed by atoms with Crippen molar-refractivity contribution < 1.29 is 18.0 Å². The summed E-state index contributed by atoms with van der Waals surface area (Å²) in [6.07, 6.45) is 1.87. The molecule has 2 aromatic rings. The largest absolute Gasteiger partial charge is 0.357 e. The standard InChI is InChI=1S/C25H33Cl2N3O4S/c1-6-22(25(32)28-4)29(16-19-20(26)11-8-12-21(19)27)24(31)14-9-15-30(35(5,33)34)23-13-7-10-17(2)18(23)3/h7-8,10-13,22H,6,9,14-16H2,1-5H3,(H,28,32)/t22-/m0/s1. The van der Waals surface area contributed by atoms with Gasteiger partial charge in [-0.05, 0) is 56.0 Å². The van der Waals surface area contributed by atoms with E-state index in [0.29, 0.717) is 27.7 Å². The van der Waals surface area contributed by atoms with Crippen molar-refractivity contribution in [3.8, 4) is 0 Å². The van der Waals surface area contributed by atoms with Crippen LogP contribution in [0.4, 0.5) is 5.69 Å². The zero-order valence-corrected chi connectivity index (χ0v) is 23.1. The Morgan fingerprint density at radius 3 is 2.20 bits per heavy atom. The van der Waals surface area contributed by atoms with Crippen molar-refractivity contribution in [3.05, 3.63) is 63.1 Å². The first-order chi connectivity index (χ1) is 16.4. The van der Waals surface area contributed by atoms with Crippen LogP contribution in [0.25, 0.3) is 0 Å². The number of nitrogens with one attached hydrogen (secondary N) is 1. The summed E-state index contributed by atoms with van der Waals surface area (Å²) in [6, 6.07) is 9.85. The van der Waals surface area contributed by atoms with Gasteiger partial charge in [-0.1, -0.05) is 48.3 Å². The molecule has 0 aliphatic carbocycles. The van der Waals surface area contributed by atoms with Gasteiger partial charge >= 0.3 is 0 Å². The molecule has 35 heavy (non-hydrogen) atoms. The van der Waals surface area contributed by atoms with Crippen LogP contribution >= 0.6 is 23.2 Å². The van der Waals surface area contributed by atoms with Crippen LogP contribution in [0, 0.1) is 13.8 Å². The molecule has 1 atom stereocenters. The number of aryl methyl sites for hydroxylation is 1. The molecule has 0 radical (unpaired) electrons. The summed E-state index contributed by atoms with van der Waals surface area (Å²) in [6.45, 7) is 5.81. The Kier molecular flexibility index (Phi) is 10.4. The SMILES string of the molecule is CC[C@@H](C(=O)NC)N(Cc1c(Cl)cccc1Cl)C(=O)CCCN(c1cccc(C)c1C)S(C)(=O)=O. The third kappa shape index (κ3) is 7.35. The molecule has 0 saturated carbocycles. The molecule has 2 amide bonds. The van der Waals surface area contributed by atoms with E-state index in [1.807, 2.05) is 32.9 Å². The summed E-state index contributed by atoms with van der Waals surface area (Å²) in [5, 5.41) is 3.41. The van der Waals surface area contributed by atoms with Crippen molar-refractivity contribution in [2.45, 2.75) is 52.6 Å². The van der Waals surface area contributed by atoms with Crippen molar-refractivity contribution in [2.75, 3.05) is 24.2 Å². The lowest BCUT2D eigenvalue weighted by atomic mass is 10.1. The lowest BCUT2D eigenvalue weighted by Crippen LogP contribution is -2.48. The molecule has 0 unspecified atom stereocenters. The van der Waals surface area contributed by atoms with E-state index < -0.39 is 16.1 Å². The zero-order chi connectivity index (χ0) is 26.3. The summed E-state index contributed by atoms with van der Waals surface area (Å²) in [5.41, 5.74) is 2.99. The van der Waals surface area contributed by atoms with Crippen LogP contribution in [0.1, 0.15) is 42.9 Å². The summed E-state index contributed by atoms with van der Waals surface area (Å²) < 4.78 is 26.4. The van der Waals surface area contributed by atoms with Crippen LogP contribution in [0.5, 0.6) is 0 Å². The molecule has 2 aromatic carbocycles. The molecule has 7 nitrogen and oxygen atoms in total. The average molecular weight is 543 g/mol. The monoisotopic (exact) mass is 541 g/mol. The molecule has 0 spiro atoms. The Bertz CT molecular complexity index is 1150. The number of carbonyl (C=O) groups is 2. The maximum Gasteiger partial charge on any atom is 0.242 e. The van der Waals surface area contributed by atoms with Crippen molar-refractivity contribution in [1.82, 2.24) is 10.2 Å². The zero-order valence-electron chi connectivity index (χ0n) is 20.8. The van der Waals surface area contributed by atoms with Crippen LogP contribution in [0.3, 0.4) is 0 Å². The molecular weight excluding hydrogens is 509 g/mol. The van der Waals surface area contributed by atoms with Crippen molar-refractivity contribution in [2.24, 2.45) is 0 Å². The normalized spacial score (nSPS) is 12.2. The molecule has 0 fully saturated rings. The molecule has 0 aliphatic heterocycles. The van der Waals surface area contributed by atoms with Gasteiger partial charge in [-0.25, -0.2) is 8.42 Å². The summed E-state index contributed by atoms with van der Waals surface area (Å²) in [7, 11) is -2.05. The Balaban J connectivity index is 2.28. The van der Waals surface area contributed by atoms with Crippen LogP contribution < -0.4 is 9.62 Å². The van der Waals surface area contributed by atoms with Gasteiger partial charge in [0.25, 0.3) is 0 Å². The third-order valence-corrected chi connectivity index (χ3v) is 7.91. The Morgan fingerprint density at radius 2 is 1.66 bits per heavy atom.